The summed E-state index contributed by atoms with van der Waals surface area (Å²) in [5.74, 6) is 2.92. The van der Waals surface area contributed by atoms with Gasteiger partial charge in [0.1, 0.15) is 11.5 Å². The van der Waals surface area contributed by atoms with Crippen LogP contribution >= 0.6 is 11.8 Å². The lowest BCUT2D eigenvalue weighted by atomic mass is 10.1. The molecule has 2 aromatic carbocycles. The van der Waals surface area contributed by atoms with E-state index in [4.69, 9.17) is 18.9 Å². The SMILES string of the molecule is COc1ccc(S(=O)(=O)N2CCSC2c2cc(OC)c(OC)cc2OC)cc1C. The summed E-state index contributed by atoms with van der Waals surface area (Å²) in [4.78, 5) is 0.239. The zero-order chi connectivity index (χ0) is 21.2. The zero-order valence-corrected chi connectivity index (χ0v) is 18.7. The molecule has 0 saturated carbocycles. The summed E-state index contributed by atoms with van der Waals surface area (Å²) in [7, 11) is 2.49. The predicted octanol–water partition coefficient (Wildman–Crippen LogP) is 3.47. The number of methoxy groups -OCH3 is 4. The molecule has 0 radical (unpaired) electrons. The van der Waals surface area contributed by atoms with E-state index < -0.39 is 15.4 Å². The molecule has 1 aliphatic rings. The lowest BCUT2D eigenvalue weighted by Crippen LogP contribution is -2.30. The normalized spacial score (nSPS) is 17.2. The Kier molecular flexibility index (Phi) is 6.50. The molecular weight excluding hydrogens is 414 g/mol. The number of benzene rings is 2. The summed E-state index contributed by atoms with van der Waals surface area (Å²) in [6.45, 7) is 2.23. The Morgan fingerprint density at radius 3 is 2.10 bits per heavy atom. The number of nitrogens with zero attached hydrogens (tertiary/aromatic N) is 1. The van der Waals surface area contributed by atoms with Crippen molar-refractivity contribution < 1.29 is 27.4 Å². The van der Waals surface area contributed by atoms with Gasteiger partial charge in [-0.3, -0.25) is 0 Å². The molecule has 1 aliphatic heterocycles. The van der Waals surface area contributed by atoms with Crippen LogP contribution in [-0.4, -0.2) is 53.5 Å². The van der Waals surface area contributed by atoms with E-state index in [9.17, 15) is 8.42 Å². The third kappa shape index (κ3) is 3.99. The summed E-state index contributed by atoms with van der Waals surface area (Å²) in [5, 5.41) is -0.433. The van der Waals surface area contributed by atoms with Crippen LogP contribution in [0.1, 0.15) is 16.5 Å². The van der Waals surface area contributed by atoms with Gasteiger partial charge in [0, 0.05) is 23.9 Å². The quantitative estimate of drug-likeness (QED) is 0.654. The van der Waals surface area contributed by atoms with Crippen molar-refractivity contribution in [1.82, 2.24) is 4.31 Å². The van der Waals surface area contributed by atoms with Crippen molar-refractivity contribution in [3.63, 3.8) is 0 Å². The highest BCUT2D eigenvalue weighted by Gasteiger charge is 2.39. The summed E-state index contributed by atoms with van der Waals surface area (Å²) >= 11 is 1.54. The minimum atomic E-state index is -3.71. The van der Waals surface area contributed by atoms with Crippen LogP contribution in [0.5, 0.6) is 23.0 Å². The average Bonchev–Trinajstić information content (AvgIpc) is 3.23. The van der Waals surface area contributed by atoms with Crippen LogP contribution in [0.2, 0.25) is 0 Å². The lowest BCUT2D eigenvalue weighted by Gasteiger charge is -2.26. The highest BCUT2D eigenvalue weighted by molar-refractivity contribution is 8.01. The van der Waals surface area contributed by atoms with Crippen LogP contribution in [0, 0.1) is 6.92 Å². The lowest BCUT2D eigenvalue weighted by molar-refractivity contribution is 0.344. The van der Waals surface area contributed by atoms with E-state index in [1.165, 1.54) is 4.31 Å². The Labute approximate surface area is 176 Å². The van der Waals surface area contributed by atoms with E-state index >= 15 is 0 Å². The van der Waals surface area contributed by atoms with Crippen molar-refractivity contribution >= 4 is 21.8 Å². The molecule has 0 aromatic heterocycles. The van der Waals surface area contributed by atoms with E-state index in [1.807, 2.05) is 6.92 Å². The first-order chi connectivity index (χ1) is 13.9. The molecule has 9 heteroatoms. The van der Waals surface area contributed by atoms with E-state index in [-0.39, 0.29) is 4.90 Å². The van der Waals surface area contributed by atoms with E-state index in [0.717, 1.165) is 11.1 Å². The molecule has 2 aromatic rings. The molecule has 1 unspecified atom stereocenters. The van der Waals surface area contributed by atoms with Gasteiger partial charge in [-0.15, -0.1) is 11.8 Å². The molecule has 7 nitrogen and oxygen atoms in total. The second-order valence-corrected chi connectivity index (χ2v) is 9.50. The maximum Gasteiger partial charge on any atom is 0.244 e. The van der Waals surface area contributed by atoms with Crippen molar-refractivity contribution in [3.8, 4) is 23.0 Å². The molecule has 0 aliphatic carbocycles. The highest BCUT2D eigenvalue weighted by atomic mass is 32.2. The second-order valence-electron chi connectivity index (χ2n) is 6.42. The van der Waals surface area contributed by atoms with Crippen LogP contribution in [0.4, 0.5) is 0 Å². The molecule has 1 saturated heterocycles. The highest BCUT2D eigenvalue weighted by Crippen LogP contribution is 2.47. The first kappa shape index (κ1) is 21.6. The molecule has 0 bridgehead atoms. The average molecular weight is 440 g/mol. The fourth-order valence-electron chi connectivity index (χ4n) is 3.34. The van der Waals surface area contributed by atoms with Crippen molar-refractivity contribution in [2.45, 2.75) is 17.2 Å². The zero-order valence-electron chi connectivity index (χ0n) is 17.1. The summed E-state index contributed by atoms with van der Waals surface area (Å²) in [6.07, 6.45) is 0. The molecule has 1 heterocycles. The Balaban J connectivity index is 2.05. The molecule has 3 rings (SSSR count). The third-order valence-corrected chi connectivity index (χ3v) is 8.06. The first-order valence-corrected chi connectivity index (χ1v) is 11.4. The summed E-state index contributed by atoms with van der Waals surface area (Å²) in [5.41, 5.74) is 1.49. The molecule has 0 N–H and O–H groups in total. The van der Waals surface area contributed by atoms with Gasteiger partial charge in [-0.25, -0.2) is 8.42 Å². The van der Waals surface area contributed by atoms with E-state index in [0.29, 0.717) is 35.3 Å². The Hall–Kier alpha value is -2.10. The monoisotopic (exact) mass is 439 g/mol. The molecular formula is C20H25NO6S2. The molecule has 158 valence electrons. The van der Waals surface area contributed by atoms with Gasteiger partial charge < -0.3 is 18.9 Å². The molecule has 1 fully saturated rings. The van der Waals surface area contributed by atoms with Crippen molar-refractivity contribution in [2.24, 2.45) is 0 Å². The van der Waals surface area contributed by atoms with Crippen LogP contribution in [0.15, 0.2) is 35.2 Å². The van der Waals surface area contributed by atoms with Crippen molar-refractivity contribution in [3.05, 3.63) is 41.5 Å². The first-order valence-electron chi connectivity index (χ1n) is 8.95. The van der Waals surface area contributed by atoms with Gasteiger partial charge in [0.2, 0.25) is 10.0 Å². The Bertz CT molecular complexity index is 993. The van der Waals surface area contributed by atoms with E-state index in [1.54, 1.807) is 70.5 Å². The smallest absolute Gasteiger partial charge is 0.244 e. The van der Waals surface area contributed by atoms with E-state index in [2.05, 4.69) is 0 Å². The summed E-state index contributed by atoms with van der Waals surface area (Å²) < 4.78 is 49.9. The number of hydrogen-bond acceptors (Lipinski definition) is 7. The fraction of sp³-hybridized carbons (Fsp3) is 0.400. The van der Waals surface area contributed by atoms with Crippen LogP contribution in [0.25, 0.3) is 0 Å². The molecule has 0 spiro atoms. The molecule has 0 amide bonds. The number of hydrogen-bond donors (Lipinski definition) is 0. The van der Waals surface area contributed by atoms with Gasteiger partial charge in [-0.05, 0) is 36.8 Å². The number of thioether (sulfide) groups is 1. The van der Waals surface area contributed by atoms with Gasteiger partial charge in [0.05, 0.1) is 38.7 Å². The molecule has 29 heavy (non-hydrogen) atoms. The Morgan fingerprint density at radius 1 is 0.897 bits per heavy atom. The van der Waals surface area contributed by atoms with Gasteiger partial charge >= 0.3 is 0 Å². The maximum absolute atomic E-state index is 13.4. The molecule has 1 atom stereocenters. The standard InChI is InChI=1S/C20H25NO6S2/c1-13-10-14(6-7-16(13)24-2)29(22,23)21-8-9-28-20(21)15-11-18(26-4)19(27-5)12-17(15)25-3/h6-7,10-12,20H,8-9H2,1-5H3. The Morgan fingerprint density at radius 2 is 1.52 bits per heavy atom. The van der Waals surface area contributed by atoms with Crippen LogP contribution in [-0.2, 0) is 10.0 Å². The number of ether oxygens (including phenoxy) is 4. The number of sulfonamides is 1. The third-order valence-electron chi connectivity index (χ3n) is 4.82. The topological polar surface area (TPSA) is 74.3 Å². The largest absolute Gasteiger partial charge is 0.496 e. The van der Waals surface area contributed by atoms with Gasteiger partial charge in [-0.1, -0.05) is 0 Å². The summed E-state index contributed by atoms with van der Waals surface area (Å²) in [6, 6.07) is 8.39. The van der Waals surface area contributed by atoms with Gasteiger partial charge in [0.15, 0.2) is 11.5 Å². The number of rotatable bonds is 7. The number of aryl methyl sites for hydroxylation is 1. The van der Waals surface area contributed by atoms with Crippen LogP contribution in [0.3, 0.4) is 0 Å². The van der Waals surface area contributed by atoms with Gasteiger partial charge in [0.25, 0.3) is 0 Å². The predicted molar refractivity (Wildman–Crippen MR) is 113 cm³/mol. The van der Waals surface area contributed by atoms with Crippen LogP contribution < -0.4 is 18.9 Å². The minimum Gasteiger partial charge on any atom is -0.496 e. The fourth-order valence-corrected chi connectivity index (χ4v) is 6.67. The van der Waals surface area contributed by atoms with Crippen molar-refractivity contribution in [2.75, 3.05) is 40.7 Å². The minimum absolute atomic E-state index is 0.239. The maximum atomic E-state index is 13.4. The van der Waals surface area contributed by atoms with Gasteiger partial charge in [-0.2, -0.15) is 4.31 Å². The van der Waals surface area contributed by atoms with Crippen molar-refractivity contribution in [1.29, 1.82) is 0 Å². The second kappa shape index (κ2) is 8.73.